The highest BCUT2D eigenvalue weighted by molar-refractivity contribution is 5.02. The summed E-state index contributed by atoms with van der Waals surface area (Å²) in [6.45, 7) is 7.73. The van der Waals surface area contributed by atoms with Crippen molar-refractivity contribution < 1.29 is 0 Å². The Balaban J connectivity index is 2.13. The molecule has 1 aromatic heterocycles. The number of aromatic nitrogens is 2. The minimum Gasteiger partial charge on any atom is -0.312 e. The Labute approximate surface area is 108 Å². The lowest BCUT2D eigenvalue weighted by atomic mass is 10.1. The van der Waals surface area contributed by atoms with Gasteiger partial charge in [0.2, 0.25) is 0 Å². The van der Waals surface area contributed by atoms with Crippen molar-refractivity contribution in [1.29, 1.82) is 0 Å². The molecule has 1 aromatic rings. The molecule has 0 saturated heterocycles. The van der Waals surface area contributed by atoms with E-state index in [1.807, 2.05) is 13.8 Å². The second kappa shape index (κ2) is 5.65. The van der Waals surface area contributed by atoms with Crippen LogP contribution in [0.25, 0.3) is 0 Å². The van der Waals surface area contributed by atoms with E-state index in [0.29, 0.717) is 6.04 Å². The molecule has 1 fully saturated rings. The standard InChI is InChI=1S/C14H23N3O/c1-4-7-15-13(12-5-6-12)9-17-11(3)16-10(2)8-14(17)18/h8,12-13,15H,4-7,9H2,1-3H3. The van der Waals surface area contributed by atoms with Gasteiger partial charge in [-0.15, -0.1) is 0 Å². The first kappa shape index (κ1) is 13.3. The quantitative estimate of drug-likeness (QED) is 0.833. The van der Waals surface area contributed by atoms with Gasteiger partial charge in [0.05, 0.1) is 0 Å². The van der Waals surface area contributed by atoms with Crippen molar-refractivity contribution in [2.45, 2.75) is 52.6 Å². The van der Waals surface area contributed by atoms with Crippen LogP contribution in [-0.2, 0) is 6.54 Å². The third-order valence-corrected chi connectivity index (χ3v) is 3.55. The van der Waals surface area contributed by atoms with Crippen molar-refractivity contribution in [3.05, 3.63) is 27.9 Å². The third-order valence-electron chi connectivity index (χ3n) is 3.55. The minimum atomic E-state index is 0.0731. The molecule has 1 saturated carbocycles. The molecular formula is C14H23N3O. The van der Waals surface area contributed by atoms with Gasteiger partial charge in [0.25, 0.3) is 5.56 Å². The number of nitrogens with zero attached hydrogens (tertiary/aromatic N) is 2. The SMILES string of the molecule is CCCNC(Cn1c(C)nc(C)cc1=O)C1CC1. The Morgan fingerprint density at radius 1 is 1.50 bits per heavy atom. The molecule has 0 aromatic carbocycles. The Morgan fingerprint density at radius 2 is 2.22 bits per heavy atom. The van der Waals surface area contributed by atoms with Crippen LogP contribution < -0.4 is 10.9 Å². The molecule has 1 unspecified atom stereocenters. The lowest BCUT2D eigenvalue weighted by Crippen LogP contribution is -2.39. The van der Waals surface area contributed by atoms with Crippen LogP contribution in [0, 0.1) is 19.8 Å². The highest BCUT2D eigenvalue weighted by Crippen LogP contribution is 2.33. The largest absolute Gasteiger partial charge is 0.312 e. The van der Waals surface area contributed by atoms with Crippen molar-refractivity contribution in [3.63, 3.8) is 0 Å². The zero-order valence-electron chi connectivity index (χ0n) is 11.6. The molecule has 0 spiro atoms. The molecule has 0 radical (unpaired) electrons. The van der Waals surface area contributed by atoms with Crippen LogP contribution in [-0.4, -0.2) is 22.1 Å². The fourth-order valence-corrected chi connectivity index (χ4v) is 2.39. The molecule has 4 nitrogen and oxygen atoms in total. The highest BCUT2D eigenvalue weighted by Gasteiger charge is 2.31. The topological polar surface area (TPSA) is 46.9 Å². The molecule has 1 aliphatic rings. The smallest absolute Gasteiger partial charge is 0.253 e. The van der Waals surface area contributed by atoms with Crippen molar-refractivity contribution in [3.8, 4) is 0 Å². The molecule has 1 aliphatic carbocycles. The second-order valence-electron chi connectivity index (χ2n) is 5.29. The number of nitrogens with one attached hydrogen (secondary N) is 1. The first-order chi connectivity index (χ1) is 8.61. The zero-order chi connectivity index (χ0) is 13.1. The normalized spacial score (nSPS) is 16.8. The molecule has 1 heterocycles. The molecule has 0 aliphatic heterocycles. The summed E-state index contributed by atoms with van der Waals surface area (Å²) in [7, 11) is 0. The van der Waals surface area contributed by atoms with Gasteiger partial charge in [-0.3, -0.25) is 9.36 Å². The average molecular weight is 249 g/mol. The van der Waals surface area contributed by atoms with Gasteiger partial charge in [0.1, 0.15) is 5.82 Å². The number of hydrogen-bond donors (Lipinski definition) is 1. The van der Waals surface area contributed by atoms with E-state index in [-0.39, 0.29) is 5.56 Å². The lowest BCUT2D eigenvalue weighted by Gasteiger charge is -2.20. The van der Waals surface area contributed by atoms with Crippen LogP contribution in [0.5, 0.6) is 0 Å². The monoisotopic (exact) mass is 249 g/mol. The van der Waals surface area contributed by atoms with Crippen LogP contribution in [0.1, 0.15) is 37.7 Å². The van der Waals surface area contributed by atoms with Gasteiger partial charge >= 0.3 is 0 Å². The van der Waals surface area contributed by atoms with E-state index in [2.05, 4.69) is 17.2 Å². The van der Waals surface area contributed by atoms with E-state index in [1.165, 1.54) is 12.8 Å². The third kappa shape index (κ3) is 3.19. The highest BCUT2D eigenvalue weighted by atomic mass is 16.1. The molecule has 18 heavy (non-hydrogen) atoms. The number of aryl methyl sites for hydroxylation is 2. The Hall–Kier alpha value is -1.16. The molecular weight excluding hydrogens is 226 g/mol. The molecule has 0 bridgehead atoms. The maximum atomic E-state index is 12.0. The molecule has 1 atom stereocenters. The molecule has 4 heteroatoms. The Morgan fingerprint density at radius 3 is 2.78 bits per heavy atom. The van der Waals surface area contributed by atoms with Crippen molar-refractivity contribution in [2.24, 2.45) is 5.92 Å². The van der Waals surface area contributed by atoms with E-state index >= 15 is 0 Å². The zero-order valence-corrected chi connectivity index (χ0v) is 11.6. The van der Waals surface area contributed by atoms with Gasteiger partial charge in [-0.2, -0.15) is 0 Å². The number of hydrogen-bond acceptors (Lipinski definition) is 3. The van der Waals surface area contributed by atoms with Gasteiger partial charge in [0.15, 0.2) is 0 Å². The average Bonchev–Trinajstić information content (AvgIpc) is 3.11. The van der Waals surface area contributed by atoms with E-state index in [9.17, 15) is 4.79 Å². The predicted molar refractivity (Wildman–Crippen MR) is 72.8 cm³/mol. The van der Waals surface area contributed by atoms with Crippen molar-refractivity contribution in [1.82, 2.24) is 14.9 Å². The summed E-state index contributed by atoms with van der Waals surface area (Å²) in [5.74, 6) is 1.56. The first-order valence-electron chi connectivity index (χ1n) is 6.90. The van der Waals surface area contributed by atoms with Crippen molar-refractivity contribution in [2.75, 3.05) is 6.54 Å². The summed E-state index contributed by atoms with van der Waals surface area (Å²) in [6, 6.07) is 2.04. The van der Waals surface area contributed by atoms with Crippen LogP contribution in [0.3, 0.4) is 0 Å². The first-order valence-corrected chi connectivity index (χ1v) is 6.90. The minimum absolute atomic E-state index is 0.0731. The summed E-state index contributed by atoms with van der Waals surface area (Å²) in [5.41, 5.74) is 0.877. The van der Waals surface area contributed by atoms with Crippen LogP contribution in [0.2, 0.25) is 0 Å². The van der Waals surface area contributed by atoms with Crippen LogP contribution in [0.15, 0.2) is 10.9 Å². The summed E-state index contributed by atoms with van der Waals surface area (Å²) >= 11 is 0. The van der Waals surface area contributed by atoms with Gasteiger partial charge in [-0.1, -0.05) is 6.92 Å². The van der Waals surface area contributed by atoms with E-state index < -0.39 is 0 Å². The molecule has 2 rings (SSSR count). The fourth-order valence-electron chi connectivity index (χ4n) is 2.39. The summed E-state index contributed by atoms with van der Waals surface area (Å²) < 4.78 is 1.80. The van der Waals surface area contributed by atoms with Gasteiger partial charge < -0.3 is 5.32 Å². The summed E-state index contributed by atoms with van der Waals surface area (Å²) in [5, 5.41) is 3.56. The maximum Gasteiger partial charge on any atom is 0.253 e. The molecule has 1 N–H and O–H groups in total. The van der Waals surface area contributed by atoms with Gasteiger partial charge in [-0.05, 0) is 45.6 Å². The van der Waals surface area contributed by atoms with E-state index in [4.69, 9.17) is 0 Å². The maximum absolute atomic E-state index is 12.0. The van der Waals surface area contributed by atoms with Crippen LogP contribution in [0.4, 0.5) is 0 Å². The second-order valence-corrected chi connectivity index (χ2v) is 5.29. The number of rotatable bonds is 6. The Bertz CT molecular complexity index is 463. The van der Waals surface area contributed by atoms with E-state index in [0.717, 1.165) is 36.9 Å². The fraction of sp³-hybridized carbons (Fsp3) is 0.714. The predicted octanol–water partition coefficient (Wildman–Crippen LogP) is 1.64. The van der Waals surface area contributed by atoms with E-state index in [1.54, 1.807) is 10.6 Å². The van der Waals surface area contributed by atoms with Crippen molar-refractivity contribution >= 4 is 0 Å². The van der Waals surface area contributed by atoms with Gasteiger partial charge in [0, 0.05) is 24.3 Å². The summed E-state index contributed by atoms with van der Waals surface area (Å²) in [6.07, 6.45) is 3.70. The summed E-state index contributed by atoms with van der Waals surface area (Å²) in [4.78, 5) is 16.4. The molecule has 0 amide bonds. The van der Waals surface area contributed by atoms with Crippen LogP contribution >= 0.6 is 0 Å². The Kier molecular flexibility index (Phi) is 4.17. The lowest BCUT2D eigenvalue weighted by molar-refractivity contribution is 0.395. The van der Waals surface area contributed by atoms with Gasteiger partial charge in [-0.25, -0.2) is 4.98 Å². The molecule has 100 valence electrons.